The summed E-state index contributed by atoms with van der Waals surface area (Å²) in [5, 5.41) is 4.24. The maximum Gasteiger partial charge on any atom is 0.251 e. The van der Waals surface area contributed by atoms with Gasteiger partial charge in [0.25, 0.3) is 5.91 Å². The number of ether oxygens (including phenoxy) is 1. The Labute approximate surface area is 143 Å². The summed E-state index contributed by atoms with van der Waals surface area (Å²) < 4.78 is 8.19. The zero-order valence-electron chi connectivity index (χ0n) is 14.6. The molecule has 1 aromatic rings. The van der Waals surface area contributed by atoms with Crippen molar-refractivity contribution in [2.45, 2.75) is 56.8 Å². The van der Waals surface area contributed by atoms with Crippen LogP contribution in [-0.4, -0.2) is 63.4 Å². The molecule has 4 heterocycles. The third-order valence-electron chi connectivity index (χ3n) is 5.88. The Morgan fingerprint density at radius 1 is 1.25 bits per heavy atom. The molecule has 3 fully saturated rings. The summed E-state index contributed by atoms with van der Waals surface area (Å²) in [5.74, 6) is 0.238. The molecule has 0 saturated carbocycles. The van der Waals surface area contributed by atoms with E-state index in [1.165, 1.54) is 5.56 Å². The Balaban J connectivity index is 1.29. The zero-order valence-corrected chi connectivity index (χ0v) is 14.6. The first-order valence-electron chi connectivity index (χ1n) is 9.30. The van der Waals surface area contributed by atoms with Crippen LogP contribution in [0.3, 0.4) is 0 Å². The van der Waals surface area contributed by atoms with Crippen molar-refractivity contribution >= 4 is 5.91 Å². The molecule has 0 bridgehead atoms. The van der Waals surface area contributed by atoms with Crippen molar-refractivity contribution in [2.24, 2.45) is 7.05 Å². The van der Waals surface area contributed by atoms with Crippen LogP contribution in [0, 0.1) is 0 Å². The van der Waals surface area contributed by atoms with Crippen LogP contribution in [0.25, 0.3) is 0 Å². The molecule has 132 valence electrons. The number of carbonyl (C=O) groups is 1. The number of nitrogens with zero attached hydrogens (tertiary/aromatic N) is 4. The highest BCUT2D eigenvalue weighted by molar-refractivity contribution is 5.81. The molecular weight excluding hydrogens is 304 g/mol. The molecule has 0 unspecified atom stereocenters. The smallest absolute Gasteiger partial charge is 0.251 e. The van der Waals surface area contributed by atoms with Crippen LogP contribution < -0.4 is 0 Å². The van der Waals surface area contributed by atoms with Gasteiger partial charge in [-0.15, -0.1) is 0 Å². The Hall–Kier alpha value is -1.40. The van der Waals surface area contributed by atoms with Gasteiger partial charge in [0.05, 0.1) is 11.8 Å². The van der Waals surface area contributed by atoms with E-state index in [4.69, 9.17) is 4.74 Å². The summed E-state index contributed by atoms with van der Waals surface area (Å²) in [6.07, 6.45) is 10.2. The maximum absolute atomic E-state index is 12.6. The van der Waals surface area contributed by atoms with E-state index < -0.39 is 0 Å². The van der Waals surface area contributed by atoms with Crippen molar-refractivity contribution in [3.05, 3.63) is 18.0 Å². The quantitative estimate of drug-likeness (QED) is 0.843. The van der Waals surface area contributed by atoms with Gasteiger partial charge >= 0.3 is 0 Å². The molecular formula is C18H28N4O2. The fraction of sp³-hybridized carbons (Fsp3) is 0.778. The third-order valence-corrected chi connectivity index (χ3v) is 5.88. The lowest BCUT2D eigenvalue weighted by molar-refractivity contribution is -0.150. The third kappa shape index (κ3) is 3.22. The first kappa shape index (κ1) is 16.1. The van der Waals surface area contributed by atoms with Crippen LogP contribution in [0.15, 0.2) is 12.4 Å². The summed E-state index contributed by atoms with van der Waals surface area (Å²) in [6, 6.07) is 0. The molecule has 0 aromatic carbocycles. The number of hydrogen-bond acceptors (Lipinski definition) is 4. The molecule has 0 aliphatic carbocycles. The van der Waals surface area contributed by atoms with E-state index in [2.05, 4.69) is 16.2 Å². The highest BCUT2D eigenvalue weighted by Crippen LogP contribution is 2.39. The summed E-state index contributed by atoms with van der Waals surface area (Å²) in [6.45, 7) is 4.88. The Kier molecular flexibility index (Phi) is 4.35. The average molecular weight is 332 g/mol. The van der Waals surface area contributed by atoms with Crippen LogP contribution >= 0.6 is 0 Å². The van der Waals surface area contributed by atoms with Gasteiger partial charge in [-0.25, -0.2) is 0 Å². The molecule has 3 saturated heterocycles. The van der Waals surface area contributed by atoms with Gasteiger partial charge in [-0.3, -0.25) is 14.4 Å². The van der Waals surface area contributed by atoms with Crippen molar-refractivity contribution in [3.8, 4) is 0 Å². The van der Waals surface area contributed by atoms with Crippen LogP contribution in [0.2, 0.25) is 0 Å². The van der Waals surface area contributed by atoms with E-state index in [-0.39, 0.29) is 17.6 Å². The number of carbonyl (C=O) groups excluding carboxylic acids is 1. The second-order valence-corrected chi connectivity index (χ2v) is 7.66. The molecule has 0 N–H and O–H groups in total. The number of rotatable bonds is 3. The van der Waals surface area contributed by atoms with Gasteiger partial charge in [0.1, 0.15) is 6.10 Å². The van der Waals surface area contributed by atoms with Gasteiger partial charge in [0.15, 0.2) is 0 Å². The molecule has 1 amide bonds. The van der Waals surface area contributed by atoms with E-state index in [1.807, 2.05) is 22.8 Å². The van der Waals surface area contributed by atoms with Crippen molar-refractivity contribution < 1.29 is 9.53 Å². The zero-order chi connectivity index (χ0) is 16.6. The largest absolute Gasteiger partial charge is 0.362 e. The number of piperidine rings is 1. The summed E-state index contributed by atoms with van der Waals surface area (Å²) in [5.41, 5.74) is 1.22. The molecule has 1 spiro atoms. The Morgan fingerprint density at radius 2 is 2.00 bits per heavy atom. The van der Waals surface area contributed by atoms with Crippen molar-refractivity contribution in [2.75, 3.05) is 26.2 Å². The minimum Gasteiger partial charge on any atom is -0.362 e. The van der Waals surface area contributed by atoms with Gasteiger partial charge in [-0.05, 0) is 38.5 Å². The molecule has 0 radical (unpaired) electrons. The fourth-order valence-electron chi connectivity index (χ4n) is 4.43. The predicted octanol–water partition coefficient (Wildman–Crippen LogP) is 1.56. The lowest BCUT2D eigenvalue weighted by atomic mass is 9.88. The topological polar surface area (TPSA) is 50.6 Å². The van der Waals surface area contributed by atoms with Crippen LogP contribution in [-0.2, 0) is 23.1 Å². The van der Waals surface area contributed by atoms with Gasteiger partial charge in [-0.1, -0.05) is 0 Å². The van der Waals surface area contributed by atoms with Crippen molar-refractivity contribution in [1.82, 2.24) is 19.6 Å². The summed E-state index contributed by atoms with van der Waals surface area (Å²) >= 11 is 0. The van der Waals surface area contributed by atoms with Gasteiger partial charge in [-0.2, -0.15) is 5.10 Å². The van der Waals surface area contributed by atoms with Gasteiger partial charge < -0.3 is 9.64 Å². The summed E-state index contributed by atoms with van der Waals surface area (Å²) in [4.78, 5) is 17.0. The number of hydrogen-bond donors (Lipinski definition) is 0. The monoisotopic (exact) mass is 332 g/mol. The number of aromatic nitrogens is 2. The molecule has 1 aromatic heterocycles. The highest BCUT2D eigenvalue weighted by Gasteiger charge is 2.45. The Bertz CT molecular complexity index is 586. The average Bonchev–Trinajstić information content (AvgIpc) is 3.31. The SMILES string of the molecule is Cn1cc(CN2CCC3(CC[C@H](C(=O)N4CCCC4)O3)CC2)cn1. The van der Waals surface area contributed by atoms with Crippen LogP contribution in [0.4, 0.5) is 0 Å². The Morgan fingerprint density at radius 3 is 2.67 bits per heavy atom. The lowest BCUT2D eigenvalue weighted by Gasteiger charge is -2.39. The van der Waals surface area contributed by atoms with E-state index in [1.54, 1.807) is 0 Å². The molecule has 1 atom stereocenters. The summed E-state index contributed by atoms with van der Waals surface area (Å²) in [7, 11) is 1.96. The minimum atomic E-state index is -0.187. The standard InChI is InChI=1S/C18H28N4O2/c1-20-13-15(12-19-20)14-21-10-6-18(7-11-21)5-4-16(24-18)17(23)22-8-2-3-9-22/h12-13,16H,2-11,14H2,1H3/t16-/m1/s1. The van der Waals surface area contributed by atoms with Crippen LogP contribution in [0.5, 0.6) is 0 Å². The predicted molar refractivity (Wildman–Crippen MR) is 90.4 cm³/mol. The second-order valence-electron chi connectivity index (χ2n) is 7.66. The van der Waals surface area contributed by atoms with Gasteiger partial charge in [0.2, 0.25) is 0 Å². The molecule has 3 aliphatic heterocycles. The van der Waals surface area contributed by atoms with Crippen molar-refractivity contribution in [1.29, 1.82) is 0 Å². The van der Waals surface area contributed by atoms with E-state index >= 15 is 0 Å². The van der Waals surface area contributed by atoms with E-state index in [0.717, 1.165) is 71.2 Å². The molecule has 4 rings (SSSR count). The van der Waals surface area contributed by atoms with Crippen molar-refractivity contribution in [3.63, 3.8) is 0 Å². The molecule has 24 heavy (non-hydrogen) atoms. The first-order valence-corrected chi connectivity index (χ1v) is 9.30. The number of aryl methyl sites for hydroxylation is 1. The highest BCUT2D eigenvalue weighted by atomic mass is 16.5. The molecule has 6 heteroatoms. The maximum atomic E-state index is 12.6. The van der Waals surface area contributed by atoms with E-state index in [0.29, 0.717) is 0 Å². The van der Waals surface area contributed by atoms with Gasteiger partial charge in [0, 0.05) is 51.5 Å². The normalized spacial score (nSPS) is 27.2. The first-order chi connectivity index (χ1) is 11.6. The fourth-order valence-corrected chi connectivity index (χ4v) is 4.43. The second kappa shape index (κ2) is 6.48. The number of amides is 1. The molecule has 6 nitrogen and oxygen atoms in total. The lowest BCUT2D eigenvalue weighted by Crippen LogP contribution is -2.45. The van der Waals surface area contributed by atoms with E-state index in [9.17, 15) is 4.79 Å². The minimum absolute atomic E-state index is 0.0501. The number of likely N-dealkylation sites (tertiary alicyclic amines) is 2. The van der Waals surface area contributed by atoms with Crippen LogP contribution in [0.1, 0.15) is 44.1 Å². The molecule has 3 aliphatic rings.